The summed E-state index contributed by atoms with van der Waals surface area (Å²) in [5, 5.41) is 2.09. The highest BCUT2D eigenvalue weighted by Gasteiger charge is 2.27. The van der Waals surface area contributed by atoms with Crippen LogP contribution in [0.5, 0.6) is 0 Å². The van der Waals surface area contributed by atoms with Crippen molar-refractivity contribution in [1.29, 1.82) is 0 Å². The van der Waals surface area contributed by atoms with Gasteiger partial charge in [-0.3, -0.25) is 10.6 Å². The van der Waals surface area contributed by atoms with Gasteiger partial charge in [0.15, 0.2) is 5.13 Å². The van der Waals surface area contributed by atoms with Gasteiger partial charge in [0.05, 0.1) is 11.4 Å². The minimum absolute atomic E-state index is 0.148. The summed E-state index contributed by atoms with van der Waals surface area (Å²) in [6.07, 6.45) is 3.64. The molecule has 0 radical (unpaired) electrons. The highest BCUT2D eigenvalue weighted by molar-refractivity contribution is 7.93. The summed E-state index contributed by atoms with van der Waals surface area (Å²) in [5.41, 5.74) is 3.51. The first kappa shape index (κ1) is 13.3. The number of nitrogens with two attached hydrogens (primary N) is 1. The molecule has 1 fully saturated rings. The van der Waals surface area contributed by atoms with Crippen LogP contribution in [0, 0.1) is 0 Å². The van der Waals surface area contributed by atoms with Crippen molar-refractivity contribution in [1.82, 2.24) is 9.97 Å². The Labute approximate surface area is 120 Å². The number of thiazole rings is 1. The third-order valence-electron chi connectivity index (χ3n) is 2.92. The van der Waals surface area contributed by atoms with Gasteiger partial charge in [-0.25, -0.2) is 9.97 Å². The number of aromatic nitrogens is 2. The van der Waals surface area contributed by atoms with E-state index in [0.29, 0.717) is 11.0 Å². The highest BCUT2D eigenvalue weighted by Crippen LogP contribution is 2.41. The number of nitrogen functional groups attached to an aromatic ring is 1. The highest BCUT2D eigenvalue weighted by atomic mass is 32.2. The van der Waals surface area contributed by atoms with Crippen LogP contribution in [0.25, 0.3) is 0 Å². The van der Waals surface area contributed by atoms with Crippen molar-refractivity contribution in [2.45, 2.75) is 23.8 Å². The largest absolute Gasteiger partial charge is 0.321 e. The smallest absolute Gasteiger partial charge is 0.283 e. The van der Waals surface area contributed by atoms with E-state index >= 15 is 0 Å². The second-order valence-electron chi connectivity index (χ2n) is 4.46. The van der Waals surface area contributed by atoms with Crippen LogP contribution in [-0.2, 0) is 10.0 Å². The van der Waals surface area contributed by atoms with Gasteiger partial charge in [0.1, 0.15) is 0 Å². The van der Waals surface area contributed by atoms with E-state index in [0.717, 1.165) is 18.5 Å². The molecule has 0 saturated heterocycles. The van der Waals surface area contributed by atoms with E-state index < -0.39 is 10.0 Å². The number of hydrogen-bond acceptors (Lipinski definition) is 7. The molecular weight excluding hydrogens is 298 g/mol. The molecule has 9 heteroatoms. The van der Waals surface area contributed by atoms with Crippen molar-refractivity contribution >= 4 is 32.2 Å². The molecule has 0 amide bonds. The summed E-state index contributed by atoms with van der Waals surface area (Å²) >= 11 is 1.27. The fraction of sp³-hybridized carbons (Fsp3) is 0.273. The molecule has 4 N–H and O–H groups in total. The summed E-state index contributed by atoms with van der Waals surface area (Å²) in [7, 11) is -3.80. The van der Waals surface area contributed by atoms with Gasteiger partial charge in [0, 0.05) is 17.5 Å². The minimum atomic E-state index is -3.80. The molecule has 0 unspecified atom stereocenters. The summed E-state index contributed by atoms with van der Waals surface area (Å²) in [4.78, 5) is 8.14. The predicted octanol–water partition coefficient (Wildman–Crippen LogP) is 1.50. The summed E-state index contributed by atoms with van der Waals surface area (Å²) in [6, 6.07) is 3.14. The van der Waals surface area contributed by atoms with Gasteiger partial charge in [-0.2, -0.15) is 8.42 Å². The Kier molecular flexibility index (Phi) is 3.32. The van der Waals surface area contributed by atoms with Crippen molar-refractivity contribution in [2.24, 2.45) is 5.84 Å². The van der Waals surface area contributed by atoms with Crippen molar-refractivity contribution in [3.05, 3.63) is 29.4 Å². The molecule has 0 aromatic carbocycles. The lowest BCUT2D eigenvalue weighted by molar-refractivity contribution is 0.598. The van der Waals surface area contributed by atoms with Gasteiger partial charge in [0.2, 0.25) is 5.03 Å². The molecule has 20 heavy (non-hydrogen) atoms. The number of anilines is 2. The van der Waals surface area contributed by atoms with Crippen LogP contribution in [0.4, 0.5) is 10.8 Å². The average molecular weight is 311 g/mol. The van der Waals surface area contributed by atoms with Crippen LogP contribution >= 0.6 is 11.3 Å². The Morgan fingerprint density at radius 3 is 2.90 bits per heavy atom. The Bertz CT molecular complexity index is 724. The normalized spacial score (nSPS) is 15.1. The molecule has 2 heterocycles. The molecule has 0 aliphatic heterocycles. The van der Waals surface area contributed by atoms with Crippen LogP contribution in [-0.4, -0.2) is 18.4 Å². The lowest BCUT2D eigenvalue weighted by atomic mass is 10.3. The molecule has 7 nitrogen and oxygen atoms in total. The number of nitrogens with zero attached hydrogens (tertiary/aromatic N) is 2. The van der Waals surface area contributed by atoms with E-state index in [4.69, 9.17) is 5.84 Å². The van der Waals surface area contributed by atoms with E-state index in [2.05, 4.69) is 20.1 Å². The number of nitrogens with one attached hydrogen (secondary N) is 2. The number of hydrogen-bond donors (Lipinski definition) is 3. The van der Waals surface area contributed by atoms with E-state index in [1.54, 1.807) is 12.1 Å². The quantitative estimate of drug-likeness (QED) is 0.570. The summed E-state index contributed by atoms with van der Waals surface area (Å²) in [6.45, 7) is 0. The molecule has 0 spiro atoms. The predicted molar refractivity (Wildman–Crippen MR) is 76.9 cm³/mol. The van der Waals surface area contributed by atoms with Crippen LogP contribution in [0.15, 0.2) is 28.7 Å². The maximum atomic E-state index is 12.3. The molecule has 1 aliphatic carbocycles. The van der Waals surface area contributed by atoms with E-state index in [1.807, 2.05) is 5.38 Å². The maximum absolute atomic E-state index is 12.3. The maximum Gasteiger partial charge on any atom is 0.283 e. The third kappa shape index (κ3) is 2.60. The Morgan fingerprint density at radius 1 is 1.40 bits per heavy atom. The number of pyridine rings is 1. The third-order valence-corrected chi connectivity index (χ3v) is 5.12. The summed E-state index contributed by atoms with van der Waals surface area (Å²) in [5.74, 6) is 5.78. The summed E-state index contributed by atoms with van der Waals surface area (Å²) < 4.78 is 27.0. The Morgan fingerprint density at radius 2 is 2.20 bits per heavy atom. The molecule has 1 aliphatic rings. The molecule has 3 rings (SSSR count). The topological polar surface area (TPSA) is 110 Å². The molecular formula is C11H13N5O2S2. The van der Waals surface area contributed by atoms with Crippen molar-refractivity contribution in [3.63, 3.8) is 0 Å². The van der Waals surface area contributed by atoms with Gasteiger partial charge in [-0.05, 0) is 25.0 Å². The second kappa shape index (κ2) is 5.00. The van der Waals surface area contributed by atoms with Crippen LogP contribution in [0.1, 0.15) is 24.5 Å². The van der Waals surface area contributed by atoms with E-state index in [-0.39, 0.29) is 10.7 Å². The molecule has 2 aromatic rings. The zero-order chi connectivity index (χ0) is 14.2. The lowest BCUT2D eigenvalue weighted by Crippen LogP contribution is -2.18. The number of sulfonamides is 1. The fourth-order valence-corrected chi connectivity index (χ4v) is 3.92. The fourth-order valence-electron chi connectivity index (χ4n) is 1.78. The molecule has 0 atom stereocenters. The van der Waals surface area contributed by atoms with Crippen molar-refractivity contribution < 1.29 is 8.42 Å². The van der Waals surface area contributed by atoms with Crippen LogP contribution < -0.4 is 16.0 Å². The van der Waals surface area contributed by atoms with Gasteiger partial charge < -0.3 is 5.43 Å². The van der Waals surface area contributed by atoms with Gasteiger partial charge in [0.25, 0.3) is 10.0 Å². The first-order valence-corrected chi connectivity index (χ1v) is 8.36. The van der Waals surface area contributed by atoms with Gasteiger partial charge in [-0.1, -0.05) is 0 Å². The molecule has 106 valence electrons. The Balaban J connectivity index is 1.87. The average Bonchev–Trinajstić information content (AvgIpc) is 3.20. The first-order chi connectivity index (χ1) is 9.60. The zero-order valence-corrected chi connectivity index (χ0v) is 12.0. The van der Waals surface area contributed by atoms with E-state index in [1.165, 1.54) is 17.5 Å². The van der Waals surface area contributed by atoms with Crippen molar-refractivity contribution in [3.8, 4) is 0 Å². The minimum Gasteiger partial charge on any atom is -0.321 e. The molecule has 0 bridgehead atoms. The van der Waals surface area contributed by atoms with Gasteiger partial charge in [-0.15, -0.1) is 11.3 Å². The second-order valence-corrected chi connectivity index (χ2v) is 6.91. The zero-order valence-electron chi connectivity index (χ0n) is 10.4. The van der Waals surface area contributed by atoms with Crippen LogP contribution in [0.3, 0.4) is 0 Å². The standard InChI is InChI=1S/C11H13N5O2S2/c12-15-8-2-1-5-13-10(8)20(17,18)16-11-14-9(6-19-11)7-3-4-7/h1-2,5-7,15H,3-4,12H2,(H,14,16). The lowest BCUT2D eigenvalue weighted by Gasteiger charge is -2.08. The molecule has 1 saturated carbocycles. The first-order valence-electron chi connectivity index (χ1n) is 6.00. The number of rotatable bonds is 5. The van der Waals surface area contributed by atoms with Crippen molar-refractivity contribution in [2.75, 3.05) is 10.1 Å². The Hall–Kier alpha value is -1.71. The van der Waals surface area contributed by atoms with Gasteiger partial charge >= 0.3 is 0 Å². The van der Waals surface area contributed by atoms with E-state index in [9.17, 15) is 8.42 Å². The van der Waals surface area contributed by atoms with Crippen LogP contribution in [0.2, 0.25) is 0 Å². The molecule has 2 aromatic heterocycles. The monoisotopic (exact) mass is 311 g/mol. The number of hydrazine groups is 1. The SMILES string of the molecule is NNc1cccnc1S(=O)(=O)Nc1nc(C2CC2)cs1.